The molecule has 6 nitrogen and oxygen atoms in total. The Hall–Kier alpha value is -0.930. The predicted octanol–water partition coefficient (Wildman–Crippen LogP) is 3.18. The maximum Gasteiger partial charge on any atom is 0.193 e. The summed E-state index contributed by atoms with van der Waals surface area (Å²) in [6.45, 7) is 9.44. The molecule has 0 aliphatic carbocycles. The van der Waals surface area contributed by atoms with Crippen molar-refractivity contribution in [2.75, 3.05) is 39.4 Å². The van der Waals surface area contributed by atoms with Crippen molar-refractivity contribution in [1.82, 2.24) is 15.2 Å². The number of guanidine groups is 1. The molecule has 28 heavy (non-hydrogen) atoms. The number of nitrogens with one attached hydrogen (secondary N) is 1. The number of likely N-dealkylation sites (tertiary alicyclic amines) is 1. The topological polar surface area (TPSA) is 59.0 Å². The third kappa shape index (κ3) is 7.48. The van der Waals surface area contributed by atoms with E-state index in [1.165, 1.54) is 12.0 Å². The van der Waals surface area contributed by atoms with Gasteiger partial charge in [0, 0.05) is 44.7 Å². The van der Waals surface area contributed by atoms with E-state index >= 15 is 0 Å². The summed E-state index contributed by atoms with van der Waals surface area (Å²) >= 11 is 0. The minimum absolute atomic E-state index is 0. The molecule has 0 amide bonds. The summed E-state index contributed by atoms with van der Waals surface area (Å²) in [5.41, 5.74) is 2.29. The van der Waals surface area contributed by atoms with Crippen LogP contribution in [0.5, 0.6) is 0 Å². The minimum atomic E-state index is 0. The number of piperidine rings is 1. The van der Waals surface area contributed by atoms with Gasteiger partial charge in [-0.25, -0.2) is 0 Å². The zero-order valence-electron chi connectivity index (χ0n) is 17.2. The molecule has 2 fully saturated rings. The average molecular weight is 502 g/mol. The number of aromatic nitrogens is 1. The van der Waals surface area contributed by atoms with Gasteiger partial charge in [-0.1, -0.05) is 6.07 Å². The van der Waals surface area contributed by atoms with E-state index in [1.807, 2.05) is 13.1 Å². The van der Waals surface area contributed by atoms with Crippen LogP contribution in [0.15, 0.2) is 23.3 Å². The highest BCUT2D eigenvalue weighted by molar-refractivity contribution is 14.0. The van der Waals surface area contributed by atoms with Gasteiger partial charge in [-0.15, -0.1) is 24.0 Å². The lowest BCUT2D eigenvalue weighted by atomic mass is 10.1. The van der Waals surface area contributed by atoms with Crippen LogP contribution in [-0.2, 0) is 15.9 Å². The van der Waals surface area contributed by atoms with Crippen molar-refractivity contribution in [1.29, 1.82) is 0 Å². The van der Waals surface area contributed by atoms with Crippen LogP contribution in [0.1, 0.15) is 43.9 Å². The van der Waals surface area contributed by atoms with E-state index in [1.54, 1.807) is 0 Å². The van der Waals surface area contributed by atoms with Crippen molar-refractivity contribution in [3.8, 4) is 0 Å². The molecule has 2 aliphatic rings. The van der Waals surface area contributed by atoms with Crippen molar-refractivity contribution in [3.63, 3.8) is 0 Å². The Morgan fingerprint density at radius 3 is 2.79 bits per heavy atom. The number of aryl methyl sites for hydroxylation is 1. The lowest BCUT2D eigenvalue weighted by Gasteiger charge is -2.34. The van der Waals surface area contributed by atoms with Crippen LogP contribution in [0, 0.1) is 6.92 Å². The Morgan fingerprint density at radius 2 is 2.14 bits per heavy atom. The number of nitrogens with zero attached hydrogens (tertiary/aromatic N) is 3. The van der Waals surface area contributed by atoms with E-state index in [2.05, 4.69) is 34.3 Å². The Balaban J connectivity index is 0.00000280. The number of hydrogen-bond donors (Lipinski definition) is 1. The number of pyridine rings is 1. The van der Waals surface area contributed by atoms with Crippen LogP contribution in [0.4, 0.5) is 0 Å². The normalized spacial score (nSPS) is 20.9. The van der Waals surface area contributed by atoms with E-state index in [0.29, 0.717) is 12.2 Å². The number of aliphatic imine (C=N–C) groups is 1. The van der Waals surface area contributed by atoms with E-state index < -0.39 is 0 Å². The first-order chi connectivity index (χ1) is 13.2. The maximum absolute atomic E-state index is 6.08. The van der Waals surface area contributed by atoms with Gasteiger partial charge >= 0.3 is 0 Å². The van der Waals surface area contributed by atoms with Gasteiger partial charge in [-0.05, 0) is 57.6 Å². The van der Waals surface area contributed by atoms with Gasteiger partial charge in [0.2, 0.25) is 0 Å². The van der Waals surface area contributed by atoms with E-state index in [4.69, 9.17) is 14.5 Å². The zero-order chi connectivity index (χ0) is 18.9. The Labute approximate surface area is 186 Å². The molecule has 0 bridgehead atoms. The molecular weight excluding hydrogens is 467 g/mol. The van der Waals surface area contributed by atoms with Crippen molar-refractivity contribution >= 4 is 29.9 Å². The van der Waals surface area contributed by atoms with E-state index in [9.17, 15) is 0 Å². The average Bonchev–Trinajstić information content (AvgIpc) is 3.21. The van der Waals surface area contributed by atoms with Crippen LogP contribution in [0.25, 0.3) is 0 Å². The third-order valence-corrected chi connectivity index (χ3v) is 5.25. The van der Waals surface area contributed by atoms with Crippen molar-refractivity contribution < 1.29 is 9.47 Å². The number of rotatable bonds is 7. The largest absolute Gasteiger partial charge is 0.376 e. The monoisotopic (exact) mass is 502 g/mol. The molecule has 1 N–H and O–H groups in total. The van der Waals surface area contributed by atoms with Gasteiger partial charge in [-0.3, -0.25) is 9.98 Å². The van der Waals surface area contributed by atoms with E-state index in [-0.39, 0.29) is 24.0 Å². The fraction of sp³-hybridized carbons (Fsp3) is 0.714. The molecule has 3 heterocycles. The highest BCUT2D eigenvalue weighted by Gasteiger charge is 2.24. The lowest BCUT2D eigenvalue weighted by molar-refractivity contribution is -0.0367. The second-order valence-corrected chi connectivity index (χ2v) is 7.45. The first kappa shape index (κ1) is 23.3. The van der Waals surface area contributed by atoms with Gasteiger partial charge in [0.05, 0.1) is 18.8 Å². The molecule has 3 rings (SSSR count). The Kier molecular flexibility index (Phi) is 10.5. The fourth-order valence-electron chi connectivity index (χ4n) is 3.62. The summed E-state index contributed by atoms with van der Waals surface area (Å²) < 4.78 is 11.7. The first-order valence-corrected chi connectivity index (χ1v) is 10.4. The van der Waals surface area contributed by atoms with Crippen LogP contribution in [-0.4, -0.2) is 67.4 Å². The first-order valence-electron chi connectivity index (χ1n) is 10.4. The summed E-state index contributed by atoms with van der Waals surface area (Å²) in [5.74, 6) is 1.02. The summed E-state index contributed by atoms with van der Waals surface area (Å²) in [4.78, 5) is 11.6. The van der Waals surface area contributed by atoms with Crippen molar-refractivity contribution in [2.24, 2.45) is 4.99 Å². The molecular formula is C21H35IN4O2. The fourth-order valence-corrected chi connectivity index (χ4v) is 3.62. The molecule has 1 atom stereocenters. The van der Waals surface area contributed by atoms with E-state index in [0.717, 1.165) is 76.7 Å². The molecule has 0 radical (unpaired) electrons. The van der Waals surface area contributed by atoms with Crippen molar-refractivity contribution in [2.45, 2.75) is 58.2 Å². The van der Waals surface area contributed by atoms with Gasteiger partial charge in [-0.2, -0.15) is 0 Å². The molecule has 2 aliphatic heterocycles. The lowest BCUT2D eigenvalue weighted by Crippen LogP contribution is -2.47. The third-order valence-electron chi connectivity index (χ3n) is 5.25. The number of halogens is 1. The molecule has 1 aromatic heterocycles. The Bertz CT molecular complexity index is 583. The Morgan fingerprint density at radius 1 is 1.32 bits per heavy atom. The van der Waals surface area contributed by atoms with Crippen LogP contribution < -0.4 is 5.32 Å². The van der Waals surface area contributed by atoms with Gasteiger partial charge < -0.3 is 19.7 Å². The second kappa shape index (κ2) is 12.6. The van der Waals surface area contributed by atoms with Crippen LogP contribution in [0.2, 0.25) is 0 Å². The van der Waals surface area contributed by atoms with Gasteiger partial charge in [0.25, 0.3) is 0 Å². The van der Waals surface area contributed by atoms with Crippen molar-refractivity contribution in [3.05, 3.63) is 29.6 Å². The summed E-state index contributed by atoms with van der Waals surface area (Å²) in [5, 5.41) is 3.44. The standard InChI is InChI=1S/C21H34N4O2.HI/c1-3-22-21(23-11-8-18-7-6-17(2)24-15-18)25-12-9-19(10-13-25)27-16-20-5-4-14-26-20;/h6-7,15,19-20H,3-5,8-14,16H2,1-2H3,(H,22,23);1H. The molecule has 0 spiro atoms. The zero-order valence-corrected chi connectivity index (χ0v) is 19.6. The van der Waals surface area contributed by atoms with Crippen LogP contribution >= 0.6 is 24.0 Å². The van der Waals surface area contributed by atoms with Gasteiger partial charge in [0.1, 0.15) is 0 Å². The number of ether oxygens (including phenoxy) is 2. The predicted molar refractivity (Wildman–Crippen MR) is 124 cm³/mol. The molecule has 7 heteroatoms. The SMILES string of the molecule is CCNC(=NCCc1ccc(C)nc1)N1CCC(OCC2CCCO2)CC1.I. The summed E-state index contributed by atoms with van der Waals surface area (Å²) in [6.07, 6.45) is 7.97. The molecule has 1 aromatic rings. The maximum atomic E-state index is 6.08. The second-order valence-electron chi connectivity index (χ2n) is 7.45. The molecule has 158 valence electrons. The summed E-state index contributed by atoms with van der Waals surface area (Å²) in [6, 6.07) is 4.20. The quantitative estimate of drug-likeness (QED) is 0.353. The minimum Gasteiger partial charge on any atom is -0.376 e. The number of hydrogen-bond acceptors (Lipinski definition) is 4. The molecule has 2 saturated heterocycles. The summed E-state index contributed by atoms with van der Waals surface area (Å²) in [7, 11) is 0. The highest BCUT2D eigenvalue weighted by Crippen LogP contribution is 2.18. The highest BCUT2D eigenvalue weighted by atomic mass is 127. The van der Waals surface area contributed by atoms with Crippen LogP contribution in [0.3, 0.4) is 0 Å². The molecule has 1 unspecified atom stereocenters. The van der Waals surface area contributed by atoms with Gasteiger partial charge in [0.15, 0.2) is 5.96 Å². The molecule has 0 aromatic carbocycles. The molecule has 0 saturated carbocycles. The smallest absolute Gasteiger partial charge is 0.193 e.